The van der Waals surface area contributed by atoms with Crippen LogP contribution in [0.4, 0.5) is 0 Å². The second-order valence-electron chi connectivity index (χ2n) is 7.96. The number of esters is 1. The third-order valence-electron chi connectivity index (χ3n) is 5.63. The zero-order valence-corrected chi connectivity index (χ0v) is 21.4. The SMILES string of the molecule is CCCCOC(=O)C(OCC)N(CCc1cc(OC)c(OC)c(C)c1OC)Cc1ccccc1. The number of hydrogen-bond acceptors (Lipinski definition) is 7. The quantitative estimate of drug-likeness (QED) is 0.210. The minimum absolute atomic E-state index is 0.360. The second-order valence-corrected chi connectivity index (χ2v) is 7.96. The van der Waals surface area contributed by atoms with Crippen LogP contribution in [0.15, 0.2) is 36.4 Å². The fourth-order valence-corrected chi connectivity index (χ4v) is 3.92. The first-order valence-corrected chi connectivity index (χ1v) is 11.8. The van der Waals surface area contributed by atoms with Crippen molar-refractivity contribution in [2.75, 3.05) is 41.1 Å². The molecule has 34 heavy (non-hydrogen) atoms. The number of hydrogen-bond donors (Lipinski definition) is 0. The first-order valence-electron chi connectivity index (χ1n) is 11.8. The molecular formula is C27H39NO6. The van der Waals surface area contributed by atoms with Crippen LogP contribution in [0.5, 0.6) is 17.2 Å². The molecule has 0 aromatic heterocycles. The zero-order valence-electron chi connectivity index (χ0n) is 21.4. The first kappa shape index (κ1) is 27.5. The highest BCUT2D eigenvalue weighted by Gasteiger charge is 2.29. The molecule has 0 aliphatic carbocycles. The van der Waals surface area contributed by atoms with Crippen molar-refractivity contribution in [3.8, 4) is 17.2 Å². The lowest BCUT2D eigenvalue weighted by Crippen LogP contribution is -2.45. The van der Waals surface area contributed by atoms with Crippen LogP contribution in [0.2, 0.25) is 0 Å². The zero-order chi connectivity index (χ0) is 24.9. The smallest absolute Gasteiger partial charge is 0.350 e. The van der Waals surface area contributed by atoms with Gasteiger partial charge >= 0.3 is 5.97 Å². The third kappa shape index (κ3) is 7.37. The van der Waals surface area contributed by atoms with Gasteiger partial charge in [0, 0.05) is 25.3 Å². The van der Waals surface area contributed by atoms with E-state index in [0.29, 0.717) is 44.2 Å². The van der Waals surface area contributed by atoms with Gasteiger partial charge in [-0.05, 0) is 43.9 Å². The Morgan fingerprint density at radius 2 is 1.71 bits per heavy atom. The van der Waals surface area contributed by atoms with E-state index >= 15 is 0 Å². The van der Waals surface area contributed by atoms with Gasteiger partial charge in [0.05, 0.1) is 27.9 Å². The predicted molar refractivity (Wildman–Crippen MR) is 133 cm³/mol. The highest BCUT2D eigenvalue weighted by atomic mass is 16.6. The van der Waals surface area contributed by atoms with E-state index in [-0.39, 0.29) is 5.97 Å². The maximum absolute atomic E-state index is 13.0. The van der Waals surface area contributed by atoms with Crippen molar-refractivity contribution in [1.29, 1.82) is 0 Å². The lowest BCUT2D eigenvalue weighted by atomic mass is 10.0. The number of unbranched alkanes of at least 4 members (excludes halogenated alkanes) is 1. The van der Waals surface area contributed by atoms with E-state index in [1.54, 1.807) is 21.3 Å². The van der Waals surface area contributed by atoms with Crippen LogP contribution in [-0.4, -0.2) is 58.2 Å². The Kier molecular flexibility index (Phi) is 11.7. The van der Waals surface area contributed by atoms with Crippen molar-refractivity contribution in [2.24, 2.45) is 0 Å². The van der Waals surface area contributed by atoms with E-state index in [1.165, 1.54) is 0 Å². The largest absolute Gasteiger partial charge is 0.496 e. The van der Waals surface area contributed by atoms with Crippen molar-refractivity contribution >= 4 is 5.97 Å². The molecule has 2 aromatic rings. The van der Waals surface area contributed by atoms with Crippen molar-refractivity contribution in [2.45, 2.75) is 52.8 Å². The normalized spacial score (nSPS) is 11.9. The molecule has 0 radical (unpaired) electrons. The maximum atomic E-state index is 13.0. The summed E-state index contributed by atoms with van der Waals surface area (Å²) in [4.78, 5) is 15.0. The number of benzene rings is 2. The van der Waals surface area contributed by atoms with E-state index < -0.39 is 6.23 Å². The van der Waals surface area contributed by atoms with Gasteiger partial charge in [-0.3, -0.25) is 4.90 Å². The Balaban J connectivity index is 2.34. The fourth-order valence-electron chi connectivity index (χ4n) is 3.92. The maximum Gasteiger partial charge on any atom is 0.350 e. The number of carbonyl (C=O) groups is 1. The molecular weight excluding hydrogens is 434 g/mol. The van der Waals surface area contributed by atoms with E-state index in [0.717, 1.165) is 35.3 Å². The van der Waals surface area contributed by atoms with Crippen LogP contribution in [0.25, 0.3) is 0 Å². The molecule has 2 rings (SSSR count). The van der Waals surface area contributed by atoms with E-state index in [1.807, 2.05) is 55.1 Å². The van der Waals surface area contributed by atoms with Crippen molar-refractivity contribution < 1.29 is 28.5 Å². The number of carbonyl (C=O) groups excluding carboxylic acids is 1. The van der Waals surface area contributed by atoms with Crippen LogP contribution in [0.1, 0.15) is 43.4 Å². The van der Waals surface area contributed by atoms with Crippen LogP contribution < -0.4 is 14.2 Å². The molecule has 0 heterocycles. The van der Waals surface area contributed by atoms with Gasteiger partial charge in [-0.25, -0.2) is 4.79 Å². The van der Waals surface area contributed by atoms with Crippen LogP contribution in [0.3, 0.4) is 0 Å². The molecule has 7 nitrogen and oxygen atoms in total. The average molecular weight is 474 g/mol. The lowest BCUT2D eigenvalue weighted by Gasteiger charge is -2.30. The molecule has 1 atom stereocenters. The molecule has 0 bridgehead atoms. The molecule has 0 fully saturated rings. The van der Waals surface area contributed by atoms with Gasteiger partial charge in [0.25, 0.3) is 0 Å². The Bertz CT molecular complexity index is 886. The van der Waals surface area contributed by atoms with E-state index in [9.17, 15) is 4.79 Å². The monoisotopic (exact) mass is 473 g/mol. The van der Waals surface area contributed by atoms with Crippen molar-refractivity contribution in [3.63, 3.8) is 0 Å². The van der Waals surface area contributed by atoms with Crippen LogP contribution >= 0.6 is 0 Å². The van der Waals surface area contributed by atoms with Gasteiger partial charge in [0.2, 0.25) is 6.23 Å². The highest BCUT2D eigenvalue weighted by Crippen LogP contribution is 2.40. The summed E-state index contributed by atoms with van der Waals surface area (Å²) < 4.78 is 28.2. The lowest BCUT2D eigenvalue weighted by molar-refractivity contribution is -0.172. The summed E-state index contributed by atoms with van der Waals surface area (Å²) in [6, 6.07) is 12.0. The molecule has 0 spiro atoms. The topological polar surface area (TPSA) is 66.5 Å². The molecule has 0 aliphatic heterocycles. The summed E-state index contributed by atoms with van der Waals surface area (Å²) in [5, 5.41) is 0. The number of ether oxygens (including phenoxy) is 5. The first-order chi connectivity index (χ1) is 16.5. The number of rotatable bonds is 15. The fraction of sp³-hybridized carbons (Fsp3) is 0.519. The van der Waals surface area contributed by atoms with Gasteiger partial charge in [0.1, 0.15) is 5.75 Å². The Labute approximate surface area is 203 Å². The van der Waals surface area contributed by atoms with E-state index in [2.05, 4.69) is 6.92 Å². The molecule has 188 valence electrons. The molecule has 0 amide bonds. The van der Waals surface area contributed by atoms with Gasteiger partial charge in [-0.2, -0.15) is 0 Å². The van der Waals surface area contributed by atoms with Crippen molar-refractivity contribution in [1.82, 2.24) is 4.90 Å². The van der Waals surface area contributed by atoms with Gasteiger partial charge < -0.3 is 23.7 Å². The second kappa shape index (κ2) is 14.5. The van der Waals surface area contributed by atoms with Gasteiger partial charge in [-0.15, -0.1) is 0 Å². The summed E-state index contributed by atoms with van der Waals surface area (Å²) in [5.41, 5.74) is 2.92. The molecule has 0 saturated carbocycles. The standard InChI is InChI=1S/C27H39NO6/c1-7-9-17-34-27(29)26(33-8-2)28(19-21-13-11-10-12-14-21)16-15-22-18-23(30-4)25(32-6)20(3)24(22)31-5/h10-14,18,26H,7-9,15-17,19H2,1-6H3. The summed E-state index contributed by atoms with van der Waals surface area (Å²) in [6.07, 6.45) is 1.60. The molecule has 0 aliphatic rings. The molecule has 0 N–H and O–H groups in total. The minimum Gasteiger partial charge on any atom is -0.496 e. The summed E-state index contributed by atoms with van der Waals surface area (Å²) in [5.74, 6) is 1.68. The number of methoxy groups -OCH3 is 3. The predicted octanol–water partition coefficient (Wildman–Crippen LogP) is 4.77. The third-order valence-corrected chi connectivity index (χ3v) is 5.63. The van der Waals surface area contributed by atoms with Gasteiger partial charge in [-0.1, -0.05) is 43.7 Å². The Morgan fingerprint density at radius 3 is 2.29 bits per heavy atom. The summed E-state index contributed by atoms with van der Waals surface area (Å²) in [6.45, 7) is 7.77. The molecule has 0 saturated heterocycles. The molecule has 2 aromatic carbocycles. The molecule has 1 unspecified atom stereocenters. The summed E-state index contributed by atoms with van der Waals surface area (Å²) in [7, 11) is 4.88. The average Bonchev–Trinajstić information content (AvgIpc) is 2.85. The number of nitrogens with zero attached hydrogens (tertiary/aromatic N) is 1. The van der Waals surface area contributed by atoms with Crippen LogP contribution in [-0.2, 0) is 27.2 Å². The van der Waals surface area contributed by atoms with Gasteiger partial charge in [0.15, 0.2) is 11.5 Å². The Hall–Kier alpha value is -2.77. The summed E-state index contributed by atoms with van der Waals surface area (Å²) >= 11 is 0. The highest BCUT2D eigenvalue weighted by molar-refractivity contribution is 5.74. The van der Waals surface area contributed by atoms with Crippen LogP contribution in [0, 0.1) is 6.92 Å². The van der Waals surface area contributed by atoms with Crippen molar-refractivity contribution in [3.05, 3.63) is 53.1 Å². The van der Waals surface area contributed by atoms with E-state index in [4.69, 9.17) is 23.7 Å². The Morgan fingerprint density at radius 1 is 1.00 bits per heavy atom. The molecule has 7 heteroatoms. The minimum atomic E-state index is -0.797.